The smallest absolute Gasteiger partial charge is 0.262 e. The van der Waals surface area contributed by atoms with Crippen molar-refractivity contribution in [2.45, 2.75) is 19.4 Å². The SMILES string of the molecule is CC(C(=O)Nc1ccccc1NC(=O)CC#N)N1C(=O)c2ccccc2C1=O. The Bertz CT molecular complexity index is 990. The summed E-state index contributed by atoms with van der Waals surface area (Å²) in [4.78, 5) is 50.3. The third-order valence-corrected chi connectivity index (χ3v) is 4.29. The van der Waals surface area contributed by atoms with E-state index >= 15 is 0 Å². The standard InChI is InChI=1S/C20H16N4O4/c1-12(24-19(27)13-6-2-3-7-14(13)20(24)28)18(26)23-16-9-5-4-8-15(16)22-17(25)10-11-21/h2-9,12H,10H2,1H3,(H,22,25)(H,23,26). The van der Waals surface area contributed by atoms with Crippen molar-refractivity contribution in [3.63, 3.8) is 0 Å². The van der Waals surface area contributed by atoms with E-state index in [-0.39, 0.29) is 17.5 Å². The molecule has 0 radical (unpaired) electrons. The molecular weight excluding hydrogens is 360 g/mol. The molecule has 1 atom stereocenters. The van der Waals surface area contributed by atoms with Crippen molar-refractivity contribution in [3.8, 4) is 6.07 Å². The van der Waals surface area contributed by atoms with E-state index < -0.39 is 29.7 Å². The zero-order chi connectivity index (χ0) is 20.3. The maximum absolute atomic E-state index is 12.7. The summed E-state index contributed by atoms with van der Waals surface area (Å²) in [7, 11) is 0. The van der Waals surface area contributed by atoms with Gasteiger partial charge in [-0.15, -0.1) is 0 Å². The molecule has 8 nitrogen and oxygen atoms in total. The van der Waals surface area contributed by atoms with Crippen molar-refractivity contribution < 1.29 is 19.2 Å². The molecule has 0 fully saturated rings. The summed E-state index contributed by atoms with van der Waals surface area (Å²) in [5.41, 5.74) is 1.13. The van der Waals surface area contributed by atoms with Gasteiger partial charge in [0.2, 0.25) is 11.8 Å². The van der Waals surface area contributed by atoms with Gasteiger partial charge in [-0.3, -0.25) is 24.1 Å². The number of carbonyl (C=O) groups is 4. The van der Waals surface area contributed by atoms with Crippen LogP contribution in [0.1, 0.15) is 34.1 Å². The summed E-state index contributed by atoms with van der Waals surface area (Å²) in [5.74, 6) is -2.16. The average Bonchev–Trinajstić information content (AvgIpc) is 2.94. The van der Waals surface area contributed by atoms with Gasteiger partial charge in [-0.1, -0.05) is 24.3 Å². The van der Waals surface area contributed by atoms with Gasteiger partial charge in [0.1, 0.15) is 12.5 Å². The molecule has 0 saturated carbocycles. The second-order valence-electron chi connectivity index (χ2n) is 6.12. The first-order valence-corrected chi connectivity index (χ1v) is 8.47. The zero-order valence-corrected chi connectivity index (χ0v) is 14.9. The summed E-state index contributed by atoms with van der Waals surface area (Å²) in [5, 5.41) is 13.8. The second-order valence-corrected chi connectivity index (χ2v) is 6.12. The molecule has 4 amide bonds. The summed E-state index contributed by atoms with van der Waals surface area (Å²) in [6, 6.07) is 13.5. The Labute approximate surface area is 160 Å². The number of hydrogen-bond donors (Lipinski definition) is 2. The van der Waals surface area contributed by atoms with Crippen molar-refractivity contribution in [1.29, 1.82) is 5.26 Å². The van der Waals surface area contributed by atoms with E-state index in [4.69, 9.17) is 5.26 Å². The molecule has 1 unspecified atom stereocenters. The predicted octanol–water partition coefficient (Wildman–Crippen LogP) is 2.16. The molecule has 0 spiro atoms. The number of nitriles is 1. The summed E-state index contributed by atoms with van der Waals surface area (Å²) in [6.45, 7) is 1.45. The Hall–Kier alpha value is -3.99. The fraction of sp³-hybridized carbons (Fsp3) is 0.150. The van der Waals surface area contributed by atoms with Crippen molar-refractivity contribution in [1.82, 2.24) is 4.90 Å². The lowest BCUT2D eigenvalue weighted by Gasteiger charge is -2.22. The number of nitrogens with one attached hydrogen (secondary N) is 2. The molecule has 2 N–H and O–H groups in total. The molecule has 28 heavy (non-hydrogen) atoms. The Morgan fingerprint density at radius 2 is 1.46 bits per heavy atom. The quantitative estimate of drug-likeness (QED) is 0.775. The fourth-order valence-corrected chi connectivity index (χ4v) is 2.88. The van der Waals surface area contributed by atoms with Crippen LogP contribution in [0.5, 0.6) is 0 Å². The number of rotatable bonds is 5. The van der Waals surface area contributed by atoms with E-state index in [1.807, 2.05) is 0 Å². The van der Waals surface area contributed by atoms with E-state index in [0.29, 0.717) is 11.4 Å². The van der Waals surface area contributed by atoms with Crippen LogP contribution in [-0.4, -0.2) is 34.6 Å². The molecule has 140 valence electrons. The van der Waals surface area contributed by atoms with Gasteiger partial charge in [0, 0.05) is 0 Å². The fourth-order valence-electron chi connectivity index (χ4n) is 2.88. The number of carbonyl (C=O) groups excluding carboxylic acids is 4. The normalized spacial score (nSPS) is 13.5. The lowest BCUT2D eigenvalue weighted by Crippen LogP contribution is -2.45. The molecule has 1 aliphatic heterocycles. The second kappa shape index (κ2) is 7.72. The maximum atomic E-state index is 12.7. The van der Waals surface area contributed by atoms with Crippen molar-refractivity contribution in [2.24, 2.45) is 0 Å². The van der Waals surface area contributed by atoms with Gasteiger partial charge in [-0.2, -0.15) is 5.26 Å². The zero-order valence-electron chi connectivity index (χ0n) is 14.9. The highest BCUT2D eigenvalue weighted by atomic mass is 16.2. The van der Waals surface area contributed by atoms with E-state index in [9.17, 15) is 19.2 Å². The van der Waals surface area contributed by atoms with Gasteiger partial charge in [0.05, 0.1) is 28.6 Å². The summed E-state index contributed by atoms with van der Waals surface area (Å²) >= 11 is 0. The van der Waals surface area contributed by atoms with E-state index in [2.05, 4.69) is 10.6 Å². The first-order valence-electron chi connectivity index (χ1n) is 8.47. The Kier molecular flexibility index (Phi) is 5.18. The molecule has 1 aliphatic rings. The molecule has 2 aromatic rings. The molecule has 0 saturated heterocycles. The Morgan fingerprint density at radius 1 is 0.964 bits per heavy atom. The van der Waals surface area contributed by atoms with Gasteiger partial charge >= 0.3 is 0 Å². The number of anilines is 2. The number of benzene rings is 2. The third-order valence-electron chi connectivity index (χ3n) is 4.29. The van der Waals surface area contributed by atoms with Gasteiger partial charge in [0.25, 0.3) is 11.8 Å². The Morgan fingerprint density at radius 3 is 2.00 bits per heavy atom. The summed E-state index contributed by atoms with van der Waals surface area (Å²) in [6.07, 6.45) is -0.326. The van der Waals surface area contributed by atoms with Crippen molar-refractivity contribution >= 4 is 35.0 Å². The summed E-state index contributed by atoms with van der Waals surface area (Å²) < 4.78 is 0. The third kappa shape index (κ3) is 3.46. The van der Waals surface area contributed by atoms with E-state index in [1.54, 1.807) is 54.6 Å². The molecule has 0 aromatic heterocycles. The van der Waals surface area contributed by atoms with Crippen LogP contribution in [0, 0.1) is 11.3 Å². The minimum atomic E-state index is -1.06. The van der Waals surface area contributed by atoms with E-state index in [1.165, 1.54) is 6.92 Å². The van der Waals surface area contributed by atoms with Crippen LogP contribution in [0.15, 0.2) is 48.5 Å². The van der Waals surface area contributed by atoms with Crippen LogP contribution in [0.4, 0.5) is 11.4 Å². The highest BCUT2D eigenvalue weighted by molar-refractivity contribution is 6.23. The molecule has 1 heterocycles. The number of nitrogens with zero attached hydrogens (tertiary/aromatic N) is 2. The highest BCUT2D eigenvalue weighted by Gasteiger charge is 2.40. The lowest BCUT2D eigenvalue weighted by molar-refractivity contribution is -0.119. The van der Waals surface area contributed by atoms with Gasteiger partial charge in [0.15, 0.2) is 0 Å². The lowest BCUT2D eigenvalue weighted by atomic mass is 10.1. The van der Waals surface area contributed by atoms with Gasteiger partial charge < -0.3 is 10.6 Å². The van der Waals surface area contributed by atoms with Crippen molar-refractivity contribution in [2.75, 3.05) is 10.6 Å². The average molecular weight is 376 g/mol. The minimum absolute atomic E-state index is 0.260. The molecule has 3 rings (SSSR count). The van der Waals surface area contributed by atoms with Crippen LogP contribution in [0.3, 0.4) is 0 Å². The molecule has 0 aliphatic carbocycles. The van der Waals surface area contributed by atoms with Gasteiger partial charge in [-0.25, -0.2) is 0 Å². The largest absolute Gasteiger partial charge is 0.323 e. The number of imide groups is 1. The van der Waals surface area contributed by atoms with Gasteiger partial charge in [-0.05, 0) is 31.2 Å². The number of para-hydroxylation sites is 2. The predicted molar refractivity (Wildman–Crippen MR) is 100 cm³/mol. The van der Waals surface area contributed by atoms with Crippen LogP contribution < -0.4 is 10.6 Å². The van der Waals surface area contributed by atoms with Crippen LogP contribution in [0.2, 0.25) is 0 Å². The first-order chi connectivity index (χ1) is 13.4. The minimum Gasteiger partial charge on any atom is -0.323 e. The molecule has 8 heteroatoms. The maximum Gasteiger partial charge on any atom is 0.262 e. The molecular formula is C20H16N4O4. The topological polar surface area (TPSA) is 119 Å². The highest BCUT2D eigenvalue weighted by Crippen LogP contribution is 2.26. The van der Waals surface area contributed by atoms with E-state index in [0.717, 1.165) is 4.90 Å². The van der Waals surface area contributed by atoms with Crippen molar-refractivity contribution in [3.05, 3.63) is 59.7 Å². The first kappa shape index (κ1) is 18.8. The van der Waals surface area contributed by atoms with Crippen LogP contribution >= 0.6 is 0 Å². The number of amides is 4. The van der Waals surface area contributed by atoms with Crippen LogP contribution in [0.25, 0.3) is 0 Å². The van der Waals surface area contributed by atoms with Crippen LogP contribution in [-0.2, 0) is 9.59 Å². The Balaban J connectivity index is 1.78. The molecule has 2 aromatic carbocycles. The molecule has 0 bridgehead atoms. The number of hydrogen-bond acceptors (Lipinski definition) is 5. The monoisotopic (exact) mass is 376 g/mol. The number of fused-ring (bicyclic) bond motifs is 1.